The summed E-state index contributed by atoms with van der Waals surface area (Å²) in [6.45, 7) is 8.33. The molecular formula is C15H27NO4. The minimum absolute atomic E-state index is 0.153. The minimum Gasteiger partial charge on any atom is -0.444 e. The Morgan fingerprint density at radius 3 is 2.50 bits per heavy atom. The van der Waals surface area contributed by atoms with Crippen molar-refractivity contribution < 1.29 is 19.4 Å². The van der Waals surface area contributed by atoms with Gasteiger partial charge in [-0.2, -0.15) is 0 Å². The fourth-order valence-corrected chi connectivity index (χ4v) is 3.07. The molecule has 0 saturated carbocycles. The molecule has 20 heavy (non-hydrogen) atoms. The first-order valence-corrected chi connectivity index (χ1v) is 7.60. The average molecular weight is 285 g/mol. The standard InChI is InChI=1S/C15H27NO4/c1-15(2,3)20-14(18)16-7-4-13(17)12(10-16)11-5-8-19-9-6-11/h11-13,17H,4-10H2,1-3H3. The molecule has 0 aromatic rings. The predicted molar refractivity (Wildman–Crippen MR) is 75.5 cm³/mol. The first kappa shape index (κ1) is 15.6. The van der Waals surface area contributed by atoms with Gasteiger partial charge in [-0.05, 0) is 46.0 Å². The van der Waals surface area contributed by atoms with Crippen LogP contribution in [-0.4, -0.2) is 54.1 Å². The van der Waals surface area contributed by atoms with Gasteiger partial charge in [0.15, 0.2) is 0 Å². The first-order valence-electron chi connectivity index (χ1n) is 7.60. The van der Waals surface area contributed by atoms with Crippen LogP contribution in [0.3, 0.4) is 0 Å². The lowest BCUT2D eigenvalue weighted by atomic mass is 9.79. The van der Waals surface area contributed by atoms with Crippen LogP contribution in [0.1, 0.15) is 40.0 Å². The van der Waals surface area contributed by atoms with Gasteiger partial charge in [0.1, 0.15) is 5.60 Å². The smallest absolute Gasteiger partial charge is 0.410 e. The lowest BCUT2D eigenvalue weighted by Crippen LogP contribution is -2.50. The maximum atomic E-state index is 12.1. The van der Waals surface area contributed by atoms with E-state index < -0.39 is 5.60 Å². The highest BCUT2D eigenvalue weighted by Crippen LogP contribution is 2.31. The Bertz CT molecular complexity index is 333. The summed E-state index contributed by atoms with van der Waals surface area (Å²) < 4.78 is 10.8. The van der Waals surface area contributed by atoms with Crippen LogP contribution in [0.2, 0.25) is 0 Å². The molecule has 0 aromatic heterocycles. The van der Waals surface area contributed by atoms with Gasteiger partial charge >= 0.3 is 6.09 Å². The van der Waals surface area contributed by atoms with Gasteiger partial charge < -0.3 is 19.5 Å². The Labute approximate surface area is 121 Å². The van der Waals surface area contributed by atoms with Crippen molar-refractivity contribution in [3.63, 3.8) is 0 Å². The van der Waals surface area contributed by atoms with Crippen molar-refractivity contribution in [1.29, 1.82) is 0 Å². The van der Waals surface area contributed by atoms with Crippen molar-refractivity contribution in [2.24, 2.45) is 11.8 Å². The van der Waals surface area contributed by atoms with E-state index in [2.05, 4.69) is 0 Å². The zero-order valence-electron chi connectivity index (χ0n) is 12.8. The number of ether oxygens (including phenoxy) is 2. The van der Waals surface area contributed by atoms with Crippen LogP contribution < -0.4 is 0 Å². The van der Waals surface area contributed by atoms with Gasteiger partial charge in [0.25, 0.3) is 0 Å². The van der Waals surface area contributed by atoms with Gasteiger partial charge in [-0.1, -0.05) is 0 Å². The number of hydrogen-bond acceptors (Lipinski definition) is 4. The van der Waals surface area contributed by atoms with E-state index in [9.17, 15) is 9.90 Å². The molecule has 0 spiro atoms. The number of hydrogen-bond donors (Lipinski definition) is 1. The van der Waals surface area contributed by atoms with Crippen molar-refractivity contribution >= 4 is 6.09 Å². The molecule has 2 atom stereocenters. The van der Waals surface area contributed by atoms with Gasteiger partial charge in [0, 0.05) is 32.2 Å². The summed E-state index contributed by atoms with van der Waals surface area (Å²) in [5.41, 5.74) is -0.471. The summed E-state index contributed by atoms with van der Waals surface area (Å²) in [4.78, 5) is 13.9. The van der Waals surface area contributed by atoms with Crippen LogP contribution in [0.25, 0.3) is 0 Å². The molecule has 2 rings (SSSR count). The van der Waals surface area contributed by atoms with Gasteiger partial charge in [-0.3, -0.25) is 0 Å². The Hall–Kier alpha value is -0.810. The van der Waals surface area contributed by atoms with E-state index in [0.717, 1.165) is 26.1 Å². The monoisotopic (exact) mass is 285 g/mol. The summed E-state index contributed by atoms with van der Waals surface area (Å²) in [6.07, 6.45) is 2.02. The molecule has 1 N–H and O–H groups in total. The number of amides is 1. The largest absolute Gasteiger partial charge is 0.444 e. The molecule has 2 fully saturated rings. The maximum absolute atomic E-state index is 12.1. The summed E-state index contributed by atoms with van der Waals surface area (Å²) >= 11 is 0. The van der Waals surface area contributed by atoms with E-state index in [-0.39, 0.29) is 18.1 Å². The zero-order chi connectivity index (χ0) is 14.8. The van der Waals surface area contributed by atoms with Crippen molar-refractivity contribution in [3.05, 3.63) is 0 Å². The third-order valence-electron chi connectivity index (χ3n) is 4.14. The molecule has 2 saturated heterocycles. The Morgan fingerprint density at radius 1 is 1.25 bits per heavy atom. The molecule has 2 aliphatic rings. The maximum Gasteiger partial charge on any atom is 0.410 e. The topological polar surface area (TPSA) is 59.0 Å². The molecule has 5 nitrogen and oxygen atoms in total. The second kappa shape index (κ2) is 6.31. The van der Waals surface area contributed by atoms with Gasteiger partial charge in [0.2, 0.25) is 0 Å². The van der Waals surface area contributed by atoms with Gasteiger partial charge in [0.05, 0.1) is 6.10 Å². The SMILES string of the molecule is CC(C)(C)OC(=O)N1CCC(O)C(C2CCOCC2)C1. The summed E-state index contributed by atoms with van der Waals surface area (Å²) in [5.74, 6) is 0.601. The van der Waals surface area contributed by atoms with Crippen molar-refractivity contribution in [1.82, 2.24) is 4.90 Å². The number of rotatable bonds is 1. The van der Waals surface area contributed by atoms with Crippen LogP contribution >= 0.6 is 0 Å². The van der Waals surface area contributed by atoms with Crippen LogP contribution in [0, 0.1) is 11.8 Å². The number of carbonyl (C=O) groups excluding carboxylic acids is 1. The van der Waals surface area contributed by atoms with Crippen molar-refractivity contribution in [2.75, 3.05) is 26.3 Å². The number of likely N-dealkylation sites (tertiary alicyclic amines) is 1. The molecule has 2 aliphatic heterocycles. The number of nitrogens with zero attached hydrogens (tertiary/aromatic N) is 1. The predicted octanol–water partition coefficient (Wildman–Crippen LogP) is 2.03. The van der Waals surface area contributed by atoms with Crippen LogP contribution in [0.15, 0.2) is 0 Å². The van der Waals surface area contributed by atoms with E-state index >= 15 is 0 Å². The summed E-state index contributed by atoms with van der Waals surface area (Å²) in [5, 5.41) is 10.2. The van der Waals surface area contributed by atoms with E-state index in [1.54, 1.807) is 4.90 Å². The second-order valence-corrected chi connectivity index (χ2v) is 6.90. The van der Waals surface area contributed by atoms with Gasteiger partial charge in [-0.25, -0.2) is 4.79 Å². The highest BCUT2D eigenvalue weighted by molar-refractivity contribution is 5.68. The Balaban J connectivity index is 1.94. The van der Waals surface area contributed by atoms with Crippen molar-refractivity contribution in [3.8, 4) is 0 Å². The van der Waals surface area contributed by atoms with Crippen LogP contribution in [0.4, 0.5) is 4.79 Å². The molecule has 5 heteroatoms. The first-order chi connectivity index (χ1) is 9.37. The Kier molecular flexibility index (Phi) is 4.91. The molecule has 2 heterocycles. The lowest BCUT2D eigenvalue weighted by molar-refractivity contribution is -0.0430. The molecule has 0 radical (unpaired) electrons. The highest BCUT2D eigenvalue weighted by atomic mass is 16.6. The van der Waals surface area contributed by atoms with Crippen molar-refractivity contribution in [2.45, 2.75) is 51.7 Å². The zero-order valence-corrected chi connectivity index (χ0v) is 12.8. The highest BCUT2D eigenvalue weighted by Gasteiger charge is 2.37. The molecule has 0 aliphatic carbocycles. The quantitative estimate of drug-likeness (QED) is 0.801. The van der Waals surface area contributed by atoms with E-state index in [4.69, 9.17) is 9.47 Å². The Morgan fingerprint density at radius 2 is 1.90 bits per heavy atom. The summed E-state index contributed by atoms with van der Waals surface area (Å²) in [6, 6.07) is 0. The lowest BCUT2D eigenvalue weighted by Gasteiger charge is -2.41. The molecule has 0 bridgehead atoms. The third-order valence-corrected chi connectivity index (χ3v) is 4.14. The third kappa shape index (κ3) is 4.09. The second-order valence-electron chi connectivity index (χ2n) is 6.90. The fraction of sp³-hybridized carbons (Fsp3) is 0.933. The summed E-state index contributed by atoms with van der Waals surface area (Å²) in [7, 11) is 0. The van der Waals surface area contributed by atoms with E-state index in [0.29, 0.717) is 25.4 Å². The normalized spacial score (nSPS) is 29.3. The molecule has 116 valence electrons. The number of aliphatic hydroxyl groups excluding tert-OH is 1. The average Bonchev–Trinajstić information content (AvgIpc) is 2.38. The molecule has 0 aromatic carbocycles. The van der Waals surface area contributed by atoms with Gasteiger partial charge in [-0.15, -0.1) is 0 Å². The van der Waals surface area contributed by atoms with Crippen LogP contribution in [-0.2, 0) is 9.47 Å². The number of piperidine rings is 1. The number of carbonyl (C=O) groups is 1. The van der Waals surface area contributed by atoms with Crippen LogP contribution in [0.5, 0.6) is 0 Å². The molecule has 1 amide bonds. The molecular weight excluding hydrogens is 258 g/mol. The van der Waals surface area contributed by atoms with E-state index in [1.807, 2.05) is 20.8 Å². The van der Waals surface area contributed by atoms with E-state index in [1.165, 1.54) is 0 Å². The molecule has 2 unspecified atom stereocenters. The minimum atomic E-state index is -0.471. The fourth-order valence-electron chi connectivity index (χ4n) is 3.07. The number of aliphatic hydroxyl groups is 1.